The largest absolute Gasteiger partial charge is 0.496 e. The highest BCUT2D eigenvalue weighted by Gasteiger charge is 2.38. The molecule has 0 amide bonds. The van der Waals surface area contributed by atoms with E-state index < -0.39 is 26.7 Å². The van der Waals surface area contributed by atoms with Gasteiger partial charge in [0.05, 0.1) is 45.0 Å². The zero-order chi connectivity index (χ0) is 32.3. The van der Waals surface area contributed by atoms with Crippen LogP contribution in [0.25, 0.3) is 0 Å². The molecule has 2 aromatic rings. The smallest absolute Gasteiger partial charge is 0.240 e. The van der Waals surface area contributed by atoms with Crippen LogP contribution in [0.1, 0.15) is 58.2 Å². The van der Waals surface area contributed by atoms with Gasteiger partial charge >= 0.3 is 0 Å². The SMILES string of the molecule is COc1cc(OC)c(CNS(=O)(=O)c2cc(CO[Si](C)(C)C(C)(C)C)c(N)c(CO[Si](C)(C)C(C)(C)C)c2)c(OC)c1. The maximum Gasteiger partial charge on any atom is 0.240 e. The van der Waals surface area contributed by atoms with Crippen molar-refractivity contribution >= 4 is 32.3 Å². The summed E-state index contributed by atoms with van der Waals surface area (Å²) in [5.41, 5.74) is 8.93. The van der Waals surface area contributed by atoms with Crippen molar-refractivity contribution < 1.29 is 31.5 Å². The number of nitrogens with one attached hydrogen (secondary N) is 1. The summed E-state index contributed by atoms with van der Waals surface area (Å²) in [6.45, 7) is 21.9. The number of hydrogen-bond acceptors (Lipinski definition) is 8. The van der Waals surface area contributed by atoms with Crippen LogP contribution in [0.5, 0.6) is 17.2 Å². The number of methoxy groups -OCH3 is 3. The number of nitrogens with two attached hydrogens (primary N) is 1. The Morgan fingerprint density at radius 3 is 1.48 bits per heavy atom. The molecule has 0 spiro atoms. The Bertz CT molecular complexity index is 1270. The predicted octanol–water partition coefficient (Wildman–Crippen LogP) is 6.82. The fourth-order valence-electron chi connectivity index (χ4n) is 3.59. The van der Waals surface area contributed by atoms with Crippen LogP contribution in [0.3, 0.4) is 0 Å². The van der Waals surface area contributed by atoms with Gasteiger partial charge in [-0.25, -0.2) is 13.1 Å². The number of benzene rings is 2. The van der Waals surface area contributed by atoms with Gasteiger partial charge in [0, 0.05) is 35.5 Å². The molecule has 0 heterocycles. The molecule has 0 aromatic heterocycles. The minimum absolute atomic E-state index is 0.0161. The first-order chi connectivity index (χ1) is 19.1. The van der Waals surface area contributed by atoms with E-state index in [0.29, 0.717) is 39.6 Å². The van der Waals surface area contributed by atoms with Gasteiger partial charge in [0.1, 0.15) is 17.2 Å². The van der Waals surface area contributed by atoms with E-state index in [0.717, 1.165) is 0 Å². The van der Waals surface area contributed by atoms with Crippen molar-refractivity contribution in [2.24, 2.45) is 0 Å². The molecule has 0 bridgehead atoms. The minimum Gasteiger partial charge on any atom is -0.496 e. The average molecular weight is 641 g/mol. The van der Waals surface area contributed by atoms with Crippen LogP contribution >= 0.6 is 0 Å². The highest BCUT2D eigenvalue weighted by Crippen LogP contribution is 2.40. The first-order valence-corrected chi connectivity index (χ1v) is 21.4. The van der Waals surface area contributed by atoms with E-state index in [-0.39, 0.29) is 34.7 Å². The van der Waals surface area contributed by atoms with E-state index >= 15 is 0 Å². The van der Waals surface area contributed by atoms with Crippen molar-refractivity contribution in [3.63, 3.8) is 0 Å². The van der Waals surface area contributed by atoms with Crippen molar-refractivity contribution in [3.05, 3.63) is 41.0 Å². The zero-order valence-corrected chi connectivity index (χ0v) is 30.6. The molecular weight excluding hydrogens is 589 g/mol. The standard InChI is InChI=1S/C30H52N2O7SSi2/c1-29(2,3)41(10,11)38-19-21-14-24(15-22(28(21)31)20-39-42(12,13)30(4,5)6)40(33,34)32-18-25-26(36-8)16-23(35-7)17-27(25)37-9/h14-17,32H,18-20,31H2,1-13H3. The normalized spacial score (nSPS) is 13.3. The average Bonchev–Trinajstić information content (AvgIpc) is 2.88. The first kappa shape index (κ1) is 36.1. The Hall–Kier alpha value is -2.10. The maximum atomic E-state index is 13.7. The van der Waals surface area contributed by atoms with Crippen LogP contribution in [0.15, 0.2) is 29.2 Å². The first-order valence-electron chi connectivity index (χ1n) is 14.1. The van der Waals surface area contributed by atoms with E-state index in [1.54, 1.807) is 24.3 Å². The van der Waals surface area contributed by atoms with Gasteiger partial charge < -0.3 is 28.8 Å². The summed E-state index contributed by atoms with van der Waals surface area (Å²) >= 11 is 0. The van der Waals surface area contributed by atoms with Gasteiger partial charge in [0.25, 0.3) is 0 Å². The van der Waals surface area contributed by atoms with Crippen LogP contribution in [0.4, 0.5) is 5.69 Å². The third-order valence-corrected chi connectivity index (χ3v) is 19.0. The van der Waals surface area contributed by atoms with E-state index in [2.05, 4.69) is 72.5 Å². The lowest BCUT2D eigenvalue weighted by molar-refractivity contribution is 0.271. The quantitative estimate of drug-likeness (QED) is 0.181. The second-order valence-electron chi connectivity index (χ2n) is 13.6. The third-order valence-electron chi connectivity index (χ3n) is 8.68. The lowest BCUT2D eigenvalue weighted by Crippen LogP contribution is -2.41. The van der Waals surface area contributed by atoms with Crippen molar-refractivity contribution in [1.29, 1.82) is 0 Å². The molecule has 9 nitrogen and oxygen atoms in total. The summed E-state index contributed by atoms with van der Waals surface area (Å²) in [6, 6.07) is 6.57. The molecule has 3 N–H and O–H groups in total. The van der Waals surface area contributed by atoms with Crippen LogP contribution in [-0.4, -0.2) is 46.4 Å². The topological polar surface area (TPSA) is 118 Å². The number of hydrogen-bond donors (Lipinski definition) is 2. The third kappa shape index (κ3) is 8.51. The highest BCUT2D eigenvalue weighted by atomic mass is 32.2. The minimum atomic E-state index is -3.99. The highest BCUT2D eigenvalue weighted by molar-refractivity contribution is 7.89. The molecule has 0 aliphatic rings. The summed E-state index contributed by atoms with van der Waals surface area (Å²) in [6.07, 6.45) is 0. The van der Waals surface area contributed by atoms with Crippen LogP contribution in [-0.2, 0) is 38.6 Å². The van der Waals surface area contributed by atoms with Gasteiger partial charge in [0.2, 0.25) is 10.0 Å². The van der Waals surface area contributed by atoms with Gasteiger partial charge in [0.15, 0.2) is 16.6 Å². The number of sulfonamides is 1. The molecule has 0 saturated heterocycles. The van der Waals surface area contributed by atoms with Gasteiger partial charge in [-0.3, -0.25) is 0 Å². The summed E-state index contributed by atoms with van der Waals surface area (Å²) in [5.74, 6) is 1.42. The summed E-state index contributed by atoms with van der Waals surface area (Å²) in [5, 5.41) is -0.0322. The fraction of sp³-hybridized carbons (Fsp3) is 0.600. The molecule has 238 valence electrons. The molecule has 42 heavy (non-hydrogen) atoms. The van der Waals surface area contributed by atoms with Crippen molar-refractivity contribution in [3.8, 4) is 17.2 Å². The molecule has 2 rings (SSSR count). The monoisotopic (exact) mass is 640 g/mol. The Kier molecular flexibility index (Phi) is 11.4. The number of rotatable bonds is 13. The number of ether oxygens (including phenoxy) is 3. The second-order valence-corrected chi connectivity index (χ2v) is 25.0. The van der Waals surface area contributed by atoms with Crippen LogP contribution < -0.4 is 24.7 Å². The van der Waals surface area contributed by atoms with E-state index in [1.807, 2.05) is 0 Å². The Labute approximate surface area is 255 Å². The molecule has 0 atom stereocenters. The van der Waals surface area contributed by atoms with Gasteiger partial charge in [-0.1, -0.05) is 41.5 Å². The molecule has 0 radical (unpaired) electrons. The summed E-state index contributed by atoms with van der Waals surface area (Å²) < 4.78 is 59.4. The molecule has 0 fully saturated rings. The number of nitrogen functional groups attached to an aromatic ring is 1. The van der Waals surface area contributed by atoms with Crippen LogP contribution in [0.2, 0.25) is 36.3 Å². The van der Waals surface area contributed by atoms with Crippen molar-refractivity contribution in [1.82, 2.24) is 4.72 Å². The number of anilines is 1. The predicted molar refractivity (Wildman–Crippen MR) is 175 cm³/mol. The molecule has 0 unspecified atom stereocenters. The molecular formula is C30H52N2O7SSi2. The van der Waals surface area contributed by atoms with E-state index in [9.17, 15) is 8.42 Å². The lowest BCUT2D eigenvalue weighted by atomic mass is 10.1. The second kappa shape index (κ2) is 13.3. The Morgan fingerprint density at radius 1 is 0.738 bits per heavy atom. The van der Waals surface area contributed by atoms with Gasteiger partial charge in [-0.05, 0) is 48.4 Å². The summed E-state index contributed by atoms with van der Waals surface area (Å²) in [7, 11) is -3.70. The van der Waals surface area contributed by atoms with E-state index in [4.69, 9.17) is 28.8 Å². The van der Waals surface area contributed by atoms with Crippen LogP contribution in [0, 0.1) is 0 Å². The van der Waals surface area contributed by atoms with Gasteiger partial charge in [-0.15, -0.1) is 0 Å². The summed E-state index contributed by atoms with van der Waals surface area (Å²) in [4.78, 5) is 0.0887. The molecule has 0 aliphatic heterocycles. The van der Waals surface area contributed by atoms with E-state index in [1.165, 1.54) is 21.3 Å². The molecule has 12 heteroatoms. The van der Waals surface area contributed by atoms with Gasteiger partial charge in [-0.2, -0.15) is 0 Å². The van der Waals surface area contributed by atoms with Crippen molar-refractivity contribution in [2.75, 3.05) is 27.1 Å². The molecule has 0 saturated carbocycles. The Morgan fingerprint density at radius 2 is 1.14 bits per heavy atom. The lowest BCUT2D eigenvalue weighted by Gasteiger charge is -2.37. The maximum absolute atomic E-state index is 13.7. The Balaban J connectivity index is 2.53. The molecule has 0 aliphatic carbocycles. The van der Waals surface area contributed by atoms with Crippen molar-refractivity contribution in [2.45, 2.75) is 102 Å². The molecule has 2 aromatic carbocycles. The fourth-order valence-corrected chi connectivity index (χ4v) is 6.59. The zero-order valence-electron chi connectivity index (χ0n) is 27.8.